The molecule has 7 heteroatoms. The van der Waals surface area contributed by atoms with E-state index >= 15 is 0 Å². The molecule has 0 bridgehead atoms. The van der Waals surface area contributed by atoms with Gasteiger partial charge in [0.25, 0.3) is 5.91 Å². The quantitative estimate of drug-likeness (QED) is 0.742. The smallest absolute Gasteiger partial charge is 0.251 e. The number of quaternary nitrogens is 1. The highest BCUT2D eigenvalue weighted by Crippen LogP contribution is 2.16. The van der Waals surface area contributed by atoms with E-state index in [1.165, 1.54) is 43.3 Å². The third-order valence-corrected chi connectivity index (χ3v) is 5.84. The van der Waals surface area contributed by atoms with E-state index in [0.717, 1.165) is 16.4 Å². The van der Waals surface area contributed by atoms with Crippen LogP contribution in [0.2, 0.25) is 0 Å². The molecular formula is C19H26N3O3S+. The molecule has 0 saturated carbocycles. The average Bonchev–Trinajstić information content (AvgIpc) is 2.61. The van der Waals surface area contributed by atoms with Crippen molar-refractivity contribution in [3.63, 3.8) is 0 Å². The minimum Gasteiger partial charge on any atom is -0.340 e. The molecule has 0 aliphatic heterocycles. The van der Waals surface area contributed by atoms with E-state index in [2.05, 4.69) is 5.32 Å². The molecule has 0 aromatic heterocycles. The van der Waals surface area contributed by atoms with Gasteiger partial charge in [-0.1, -0.05) is 30.3 Å². The summed E-state index contributed by atoms with van der Waals surface area (Å²) in [4.78, 5) is 14.0. The van der Waals surface area contributed by atoms with Crippen molar-refractivity contribution in [1.82, 2.24) is 9.62 Å². The predicted molar refractivity (Wildman–Crippen MR) is 102 cm³/mol. The molecule has 2 aromatic rings. The fraction of sp³-hybridized carbons (Fsp3) is 0.316. The Balaban J connectivity index is 2.19. The number of amides is 1. The SMILES string of the molecule is CN(C)S(=O)(=O)c1ccc(C(=O)N[C@H](C[NH+](C)C)c2ccccc2)cc1. The van der Waals surface area contributed by atoms with E-state index in [1.807, 2.05) is 44.4 Å². The Morgan fingerprint density at radius 1 is 1.04 bits per heavy atom. The van der Waals surface area contributed by atoms with Gasteiger partial charge in [-0.05, 0) is 29.8 Å². The molecule has 0 aliphatic carbocycles. The fourth-order valence-electron chi connectivity index (χ4n) is 2.58. The zero-order valence-corrected chi connectivity index (χ0v) is 16.4. The molecule has 2 N–H and O–H groups in total. The molecule has 26 heavy (non-hydrogen) atoms. The van der Waals surface area contributed by atoms with Gasteiger partial charge in [0.1, 0.15) is 12.6 Å². The molecule has 0 unspecified atom stereocenters. The van der Waals surface area contributed by atoms with Gasteiger partial charge in [-0.3, -0.25) is 4.79 Å². The normalized spacial score (nSPS) is 13.0. The molecule has 140 valence electrons. The standard InChI is InChI=1S/C19H25N3O3S/c1-21(2)14-18(15-8-6-5-7-9-15)20-19(23)16-10-12-17(13-11-16)26(24,25)22(3)4/h5-13,18H,14H2,1-4H3,(H,20,23)/p+1/t18-/m1/s1. The van der Waals surface area contributed by atoms with Crippen LogP contribution in [-0.4, -0.2) is 53.4 Å². The second-order valence-corrected chi connectivity index (χ2v) is 8.81. The Bertz CT molecular complexity index is 832. The first-order valence-electron chi connectivity index (χ1n) is 8.39. The van der Waals surface area contributed by atoms with Gasteiger partial charge in [0, 0.05) is 19.7 Å². The number of benzene rings is 2. The minimum atomic E-state index is -3.50. The van der Waals surface area contributed by atoms with Gasteiger partial charge in [0.05, 0.1) is 19.0 Å². The highest BCUT2D eigenvalue weighted by molar-refractivity contribution is 7.89. The fourth-order valence-corrected chi connectivity index (χ4v) is 3.48. The van der Waals surface area contributed by atoms with Crippen LogP contribution in [0.15, 0.2) is 59.5 Å². The van der Waals surface area contributed by atoms with E-state index in [1.54, 1.807) is 0 Å². The van der Waals surface area contributed by atoms with E-state index in [-0.39, 0.29) is 16.8 Å². The monoisotopic (exact) mass is 376 g/mol. The highest BCUT2D eigenvalue weighted by atomic mass is 32.2. The number of nitrogens with one attached hydrogen (secondary N) is 2. The maximum atomic E-state index is 12.6. The third kappa shape index (κ3) is 4.91. The maximum Gasteiger partial charge on any atom is 0.251 e. The number of likely N-dealkylation sites (N-methyl/N-ethyl adjacent to an activating group) is 1. The van der Waals surface area contributed by atoms with Crippen LogP contribution in [-0.2, 0) is 10.0 Å². The van der Waals surface area contributed by atoms with Crippen LogP contribution in [0, 0.1) is 0 Å². The second kappa shape index (κ2) is 8.44. The molecule has 0 aliphatic rings. The van der Waals surface area contributed by atoms with Crippen LogP contribution in [0.4, 0.5) is 0 Å². The number of carbonyl (C=O) groups excluding carboxylic acids is 1. The van der Waals surface area contributed by atoms with Crippen LogP contribution in [0.25, 0.3) is 0 Å². The van der Waals surface area contributed by atoms with Gasteiger partial charge in [-0.2, -0.15) is 0 Å². The summed E-state index contributed by atoms with van der Waals surface area (Å²) < 4.78 is 25.4. The molecule has 0 heterocycles. The van der Waals surface area contributed by atoms with Crippen molar-refractivity contribution >= 4 is 15.9 Å². The van der Waals surface area contributed by atoms with Crippen LogP contribution in [0.3, 0.4) is 0 Å². The van der Waals surface area contributed by atoms with Crippen LogP contribution in [0.1, 0.15) is 22.0 Å². The first kappa shape index (κ1) is 20.1. The number of sulfonamides is 1. The number of rotatable bonds is 7. The van der Waals surface area contributed by atoms with Gasteiger partial charge < -0.3 is 10.2 Å². The van der Waals surface area contributed by atoms with Crippen molar-refractivity contribution < 1.29 is 18.1 Å². The summed E-state index contributed by atoms with van der Waals surface area (Å²) in [6.07, 6.45) is 0. The summed E-state index contributed by atoms with van der Waals surface area (Å²) in [6.45, 7) is 0.739. The van der Waals surface area contributed by atoms with E-state index in [0.29, 0.717) is 5.56 Å². The van der Waals surface area contributed by atoms with E-state index < -0.39 is 10.0 Å². The van der Waals surface area contributed by atoms with Gasteiger partial charge >= 0.3 is 0 Å². The zero-order valence-electron chi connectivity index (χ0n) is 15.6. The first-order chi connectivity index (χ1) is 12.2. The summed E-state index contributed by atoms with van der Waals surface area (Å²) in [5, 5.41) is 3.04. The molecule has 6 nitrogen and oxygen atoms in total. The van der Waals surface area contributed by atoms with Crippen molar-refractivity contribution in [2.75, 3.05) is 34.7 Å². The van der Waals surface area contributed by atoms with E-state index in [4.69, 9.17) is 0 Å². The molecule has 0 spiro atoms. The van der Waals surface area contributed by atoms with Gasteiger partial charge in [0.15, 0.2) is 0 Å². The number of carbonyl (C=O) groups is 1. The van der Waals surface area contributed by atoms with Crippen LogP contribution < -0.4 is 10.2 Å². The Kier molecular flexibility index (Phi) is 6.52. The van der Waals surface area contributed by atoms with Crippen molar-refractivity contribution in [2.24, 2.45) is 0 Å². The molecular weight excluding hydrogens is 350 g/mol. The minimum absolute atomic E-state index is 0.126. The molecule has 1 atom stereocenters. The van der Waals surface area contributed by atoms with Gasteiger partial charge in [-0.15, -0.1) is 0 Å². The molecule has 1 amide bonds. The van der Waals surface area contributed by atoms with E-state index in [9.17, 15) is 13.2 Å². The van der Waals surface area contributed by atoms with Crippen molar-refractivity contribution in [3.05, 3.63) is 65.7 Å². The van der Waals surface area contributed by atoms with Crippen molar-refractivity contribution in [2.45, 2.75) is 10.9 Å². The molecule has 0 fully saturated rings. The van der Waals surface area contributed by atoms with Crippen molar-refractivity contribution in [1.29, 1.82) is 0 Å². The summed E-state index contributed by atoms with van der Waals surface area (Å²) in [6, 6.07) is 15.7. The third-order valence-electron chi connectivity index (χ3n) is 4.01. The first-order valence-corrected chi connectivity index (χ1v) is 9.83. The predicted octanol–water partition coefficient (Wildman–Crippen LogP) is 0.553. The Labute approximate surface area is 155 Å². The average molecular weight is 377 g/mol. The van der Waals surface area contributed by atoms with Gasteiger partial charge in [0.2, 0.25) is 10.0 Å². The Morgan fingerprint density at radius 3 is 2.12 bits per heavy atom. The largest absolute Gasteiger partial charge is 0.340 e. The van der Waals surface area contributed by atoms with Crippen molar-refractivity contribution in [3.8, 4) is 0 Å². The molecule has 2 rings (SSSR count). The van der Waals surface area contributed by atoms with Gasteiger partial charge in [-0.25, -0.2) is 12.7 Å². The lowest BCUT2D eigenvalue weighted by molar-refractivity contribution is -0.860. The maximum absolute atomic E-state index is 12.6. The zero-order chi connectivity index (χ0) is 19.3. The summed E-state index contributed by atoms with van der Waals surface area (Å²) in [5.74, 6) is -0.228. The van der Waals surface area contributed by atoms with Crippen LogP contribution in [0.5, 0.6) is 0 Å². The topological polar surface area (TPSA) is 70.9 Å². The molecule has 0 radical (unpaired) electrons. The molecule has 2 aromatic carbocycles. The van der Waals surface area contributed by atoms with Crippen LogP contribution >= 0.6 is 0 Å². The lowest BCUT2D eigenvalue weighted by Crippen LogP contribution is -3.06. The summed E-state index contributed by atoms with van der Waals surface area (Å²) >= 11 is 0. The lowest BCUT2D eigenvalue weighted by Gasteiger charge is -2.21. The summed E-state index contributed by atoms with van der Waals surface area (Å²) in [5.41, 5.74) is 1.46. The number of nitrogens with zero attached hydrogens (tertiary/aromatic N) is 1. The number of hydrogen-bond donors (Lipinski definition) is 2. The Hall–Kier alpha value is -2.22. The lowest BCUT2D eigenvalue weighted by atomic mass is 10.1. The summed E-state index contributed by atoms with van der Waals surface area (Å²) in [7, 11) is 3.51. The molecule has 0 saturated heterocycles. The highest BCUT2D eigenvalue weighted by Gasteiger charge is 2.20. The Morgan fingerprint density at radius 2 is 1.62 bits per heavy atom. The number of hydrogen-bond acceptors (Lipinski definition) is 3. The second-order valence-electron chi connectivity index (χ2n) is 6.66.